The van der Waals surface area contributed by atoms with Crippen LogP contribution in [0.15, 0.2) is 303 Å². The second-order valence-electron chi connectivity index (χ2n) is 29.2. The fraction of sp³-hybridized carbons (Fsp3) is 0.0323. The molecule has 488 valence electrons. The minimum absolute atomic E-state index is 0.206. The van der Waals surface area contributed by atoms with E-state index in [1.54, 1.807) is 0 Å². The second-order valence-corrected chi connectivity index (χ2v) is 30.6. The Hall–Kier alpha value is -13.2. The van der Waals surface area contributed by atoms with Crippen molar-refractivity contribution in [2.45, 2.75) is 20.8 Å². The Labute approximate surface area is 612 Å². The van der Waals surface area contributed by atoms with Gasteiger partial charge >= 0.3 is 0 Å². The van der Waals surface area contributed by atoms with Crippen LogP contribution < -0.4 is 76.9 Å². The fourth-order valence-corrected chi connectivity index (χ4v) is 21.3. The second kappa shape index (κ2) is 20.1. The van der Waals surface area contributed by atoms with E-state index < -0.39 is 0 Å². The Morgan fingerprint density at radius 1 is 0.248 bits per heavy atom. The van der Waals surface area contributed by atoms with Crippen molar-refractivity contribution >= 4 is 233 Å². The van der Waals surface area contributed by atoms with Crippen LogP contribution in [0.3, 0.4) is 0 Å². The molecule has 15 aromatic carbocycles. The summed E-state index contributed by atoms with van der Waals surface area (Å²) in [6.07, 6.45) is 0. The third kappa shape index (κ3) is 6.92. The first-order valence-electron chi connectivity index (χ1n) is 36.5. The van der Waals surface area contributed by atoms with Crippen LogP contribution in [-0.2, 0) is 0 Å². The van der Waals surface area contributed by atoms with Gasteiger partial charge in [-0.3, -0.25) is 0 Å². The molecule has 25 rings (SSSR count). The number of rotatable bonds is 7. The van der Waals surface area contributed by atoms with Gasteiger partial charge in [-0.15, -0.1) is 11.3 Å². The summed E-state index contributed by atoms with van der Waals surface area (Å²) in [5.41, 5.74) is 40.5. The highest BCUT2D eigenvalue weighted by molar-refractivity contribution is 7.13. The van der Waals surface area contributed by atoms with Crippen molar-refractivity contribution in [1.29, 1.82) is 0 Å². The molecule has 10 heterocycles. The van der Waals surface area contributed by atoms with Crippen molar-refractivity contribution in [2.24, 2.45) is 0 Å². The zero-order valence-corrected chi connectivity index (χ0v) is 58.3. The lowest BCUT2D eigenvalue weighted by Gasteiger charge is -2.56. The topological polar surface area (TPSA) is 29.2 Å². The lowest BCUT2D eigenvalue weighted by molar-refractivity contribution is 1.10. The first-order valence-corrected chi connectivity index (χ1v) is 37.3. The Morgan fingerprint density at radius 2 is 0.600 bits per heavy atom. The first kappa shape index (κ1) is 56.5. The summed E-state index contributed by atoms with van der Waals surface area (Å²) in [6, 6.07) is 115. The predicted octanol–water partition coefficient (Wildman–Crippen LogP) is 22.1. The van der Waals surface area contributed by atoms with E-state index >= 15 is 0 Å². The molecule has 0 N–H and O–H groups in total. The molecule has 0 amide bonds. The Kier molecular flexibility index (Phi) is 10.8. The van der Waals surface area contributed by atoms with Gasteiger partial charge < -0.3 is 44.1 Å². The van der Waals surface area contributed by atoms with Crippen LogP contribution in [0, 0.1) is 20.8 Å². The number of thiophene rings is 1. The highest BCUT2D eigenvalue weighted by Crippen LogP contribution is 2.72. The number of aryl methyl sites for hydroxylation is 3. The smallest absolute Gasteiger partial charge is 0.252 e. The van der Waals surface area contributed by atoms with Gasteiger partial charge in [-0.2, -0.15) is 0 Å². The van der Waals surface area contributed by atoms with Crippen molar-refractivity contribution in [1.82, 2.24) is 0 Å². The largest absolute Gasteiger partial charge is 0.308 e. The maximum atomic E-state index is 2.79. The summed E-state index contributed by atoms with van der Waals surface area (Å²) < 4.78 is 0. The average Bonchev–Trinajstić information content (AvgIpc) is 1.28. The third-order valence-electron chi connectivity index (χ3n) is 23.9. The van der Waals surface area contributed by atoms with Gasteiger partial charge in [-0.05, 0) is 179 Å². The van der Waals surface area contributed by atoms with Crippen molar-refractivity contribution in [3.8, 4) is 0 Å². The number of anilines is 27. The summed E-state index contributed by atoms with van der Waals surface area (Å²) in [7, 11) is 0. The van der Waals surface area contributed by atoms with Crippen LogP contribution in [0.1, 0.15) is 15.3 Å². The minimum Gasteiger partial charge on any atom is -0.308 e. The SMILES string of the molecule is Cc1cc2c3c4c1N(c1ccccc1)c1cccc5c1N4c1c(cc4ccccc4c1N5c1ccccc1)B3c1ccc3c4c1N2c1c(C)sc(C)c1N4c1cc(N(c2ccccc2)c2ccccc2)c2c4c1B3c1cc3ccccc3c3c1N4c1c(cccc1N3c1ccccc1)N2c1ccccc1. The Balaban J connectivity index is 0.859. The van der Waals surface area contributed by atoms with E-state index in [0.29, 0.717) is 0 Å². The van der Waals surface area contributed by atoms with Crippen LogP contribution in [-0.4, -0.2) is 13.4 Å². The van der Waals surface area contributed by atoms with Gasteiger partial charge in [0.2, 0.25) is 0 Å². The first-order chi connectivity index (χ1) is 52.0. The average molecular weight is 1360 g/mol. The number of benzene rings is 15. The molecule has 0 aliphatic carbocycles. The summed E-state index contributed by atoms with van der Waals surface area (Å²) in [5, 5.41) is 4.85. The van der Waals surface area contributed by atoms with E-state index in [4.69, 9.17) is 0 Å². The lowest BCUT2D eigenvalue weighted by Crippen LogP contribution is -2.66. The van der Waals surface area contributed by atoms with E-state index in [9.17, 15) is 0 Å². The zero-order chi connectivity index (χ0) is 68.5. The van der Waals surface area contributed by atoms with Crippen molar-refractivity contribution < 1.29 is 0 Å². The molecule has 0 atom stereocenters. The molecule has 9 nitrogen and oxygen atoms in total. The van der Waals surface area contributed by atoms with Crippen LogP contribution in [0.25, 0.3) is 21.5 Å². The molecular weight excluding hydrogens is 1300 g/mol. The highest BCUT2D eigenvalue weighted by Gasteiger charge is 2.59. The van der Waals surface area contributed by atoms with Crippen LogP contribution in [0.2, 0.25) is 0 Å². The van der Waals surface area contributed by atoms with Gasteiger partial charge in [0.05, 0.1) is 108 Å². The molecule has 0 saturated heterocycles. The van der Waals surface area contributed by atoms with Crippen LogP contribution in [0.5, 0.6) is 0 Å². The van der Waals surface area contributed by atoms with Gasteiger partial charge in [0.1, 0.15) is 0 Å². The maximum absolute atomic E-state index is 2.79. The summed E-state index contributed by atoms with van der Waals surface area (Å²) >= 11 is 1.93. The summed E-state index contributed by atoms with van der Waals surface area (Å²) in [5.74, 6) is 0. The zero-order valence-electron chi connectivity index (χ0n) is 57.5. The van der Waals surface area contributed by atoms with Gasteiger partial charge in [-0.25, -0.2) is 0 Å². The molecule has 1 aromatic heterocycles. The minimum atomic E-state index is -0.253. The van der Waals surface area contributed by atoms with E-state index in [2.05, 4.69) is 368 Å². The summed E-state index contributed by atoms with van der Waals surface area (Å²) in [4.78, 5) is 26.5. The molecule has 0 saturated carbocycles. The van der Waals surface area contributed by atoms with Crippen LogP contribution >= 0.6 is 11.3 Å². The molecule has 0 unspecified atom stereocenters. The molecule has 0 fully saturated rings. The monoisotopic (exact) mass is 1360 g/mol. The van der Waals surface area contributed by atoms with Gasteiger partial charge in [0.25, 0.3) is 13.4 Å². The molecule has 16 aromatic rings. The predicted molar refractivity (Wildman–Crippen MR) is 443 cm³/mol. The number of hydrogen-bond acceptors (Lipinski definition) is 10. The third-order valence-corrected chi connectivity index (χ3v) is 24.9. The lowest BCUT2D eigenvalue weighted by atomic mass is 9.30. The number of fused-ring (bicyclic) bond motifs is 13. The normalized spacial score (nSPS) is 14.4. The van der Waals surface area contributed by atoms with Crippen molar-refractivity contribution in [3.63, 3.8) is 0 Å². The molecule has 105 heavy (non-hydrogen) atoms. The fourth-order valence-electron chi connectivity index (χ4n) is 20.3. The molecule has 12 heteroatoms. The Bertz CT molecular complexity index is 6550. The number of para-hydroxylation sites is 8. The van der Waals surface area contributed by atoms with Gasteiger partial charge in [0.15, 0.2) is 0 Å². The molecule has 9 aliphatic rings. The quantitative estimate of drug-likeness (QED) is 0.145. The maximum Gasteiger partial charge on any atom is 0.252 e. The van der Waals surface area contributed by atoms with Gasteiger partial charge in [-0.1, -0.05) is 194 Å². The van der Waals surface area contributed by atoms with E-state index in [0.717, 1.165) is 73.9 Å². The molecular formula is C93H59B2N9S. The standard InChI is InChI=1S/C93H59B2N9S/c1-54-50-75-78-92-80(54)97(61-34-14-6-15-35-61)71-44-26-45-72-89(71)103(92)87-69(51-57-28-22-24-42-65(57)83(87)98(72)62-36-16-7-17-37-62)94(78)67-48-49-68-86-85(67)101(75)81-55(2)105-56(3)82(81)102(86)76-53-77(96(59-30-10-4-11-31-59)60-32-12-5-13-33-60)91-93-79(76)95(68)70-52-58-29-23-25-43-66(58)84-88(70)104(93)90-73(99(84)63-38-18-8-19-39-63)46-27-47-74(90)100(91)64-40-20-9-21-41-64/h4-53H,1-3H3. The van der Waals surface area contributed by atoms with E-state index in [-0.39, 0.29) is 13.4 Å². The molecule has 0 bridgehead atoms. The van der Waals surface area contributed by atoms with E-state index in [1.807, 2.05) is 11.3 Å². The van der Waals surface area contributed by atoms with Gasteiger partial charge in [0, 0.05) is 66.0 Å². The summed E-state index contributed by atoms with van der Waals surface area (Å²) in [6.45, 7) is 6.69. The van der Waals surface area contributed by atoms with Crippen molar-refractivity contribution in [2.75, 3.05) is 44.1 Å². The van der Waals surface area contributed by atoms with E-state index in [1.165, 1.54) is 149 Å². The molecule has 0 spiro atoms. The number of nitrogens with zero attached hydrogens (tertiary/aromatic N) is 9. The van der Waals surface area contributed by atoms with Crippen molar-refractivity contribution in [3.05, 3.63) is 319 Å². The Morgan fingerprint density at radius 3 is 1.03 bits per heavy atom. The number of hydrogen-bond donors (Lipinski definition) is 0. The molecule has 0 radical (unpaired) electrons. The molecule has 9 aliphatic heterocycles. The van der Waals surface area contributed by atoms with Crippen LogP contribution in [0.4, 0.5) is 154 Å². The highest BCUT2D eigenvalue weighted by atomic mass is 32.1.